The molecule has 174 valence electrons. The van der Waals surface area contributed by atoms with Gasteiger partial charge >= 0.3 is 17.8 Å². The number of allylic oxidation sites excluding steroid dienone is 2. The highest BCUT2D eigenvalue weighted by Crippen LogP contribution is 2.42. The molecule has 0 aliphatic carbocycles. The van der Waals surface area contributed by atoms with Crippen LogP contribution in [0.5, 0.6) is 0 Å². The molecule has 1 unspecified atom stereocenters. The monoisotopic (exact) mass is 454 g/mol. The normalized spacial score (nSPS) is 15.8. The number of esters is 2. The van der Waals surface area contributed by atoms with Gasteiger partial charge in [-0.1, -0.05) is 37.3 Å². The van der Waals surface area contributed by atoms with Gasteiger partial charge < -0.3 is 29.5 Å². The molecule has 10 nitrogen and oxygen atoms in total. The summed E-state index contributed by atoms with van der Waals surface area (Å²) in [7, 11) is 1.57. The molecule has 0 bridgehead atoms. The van der Waals surface area contributed by atoms with Crippen LogP contribution in [0.3, 0.4) is 0 Å². The average molecular weight is 454 g/mol. The van der Waals surface area contributed by atoms with Crippen LogP contribution in [0.15, 0.2) is 59.2 Å². The van der Waals surface area contributed by atoms with Gasteiger partial charge in [-0.2, -0.15) is 0 Å². The highest BCUT2D eigenvalue weighted by atomic mass is 16.6. The summed E-state index contributed by atoms with van der Waals surface area (Å²) < 4.78 is 12.3. The molecule has 0 saturated heterocycles. The van der Waals surface area contributed by atoms with Crippen LogP contribution in [0.1, 0.15) is 44.4 Å². The molecule has 0 fully saturated rings. The molecule has 0 radical (unpaired) electrons. The van der Waals surface area contributed by atoms with Gasteiger partial charge in [0.25, 0.3) is 0 Å². The maximum Gasteiger partial charge on any atom is 0.385 e. The number of ether oxygens (including phenoxy) is 2. The minimum absolute atomic E-state index is 0.00889. The van der Waals surface area contributed by atoms with Gasteiger partial charge in [-0.05, 0) is 35.7 Å². The number of nitro groups is 1. The lowest BCUT2D eigenvalue weighted by atomic mass is 9.82. The molecule has 33 heavy (non-hydrogen) atoms. The van der Waals surface area contributed by atoms with Gasteiger partial charge in [0, 0.05) is 18.4 Å². The number of nitrogens with one attached hydrogen (secondary N) is 1. The molecule has 1 N–H and O–H groups in total. The summed E-state index contributed by atoms with van der Waals surface area (Å²) >= 11 is 0. The van der Waals surface area contributed by atoms with Crippen LogP contribution < -0.4 is 5.32 Å². The highest BCUT2D eigenvalue weighted by molar-refractivity contribution is 6.00. The molecule has 1 aromatic carbocycles. The molecule has 3 rings (SSSR count). The third-order valence-corrected chi connectivity index (χ3v) is 5.26. The Kier molecular flexibility index (Phi) is 7.27. The number of hydrogen-bond donors (Lipinski definition) is 1. The third kappa shape index (κ3) is 4.94. The minimum atomic E-state index is -1.09. The molecular formula is C23H26N4O6. The summed E-state index contributed by atoms with van der Waals surface area (Å²) in [5, 5.41) is 14.8. The highest BCUT2D eigenvalue weighted by Gasteiger charge is 2.43. The molecule has 0 saturated carbocycles. The van der Waals surface area contributed by atoms with E-state index in [0.29, 0.717) is 17.8 Å². The van der Waals surface area contributed by atoms with Gasteiger partial charge in [-0.3, -0.25) is 0 Å². The van der Waals surface area contributed by atoms with Crippen LogP contribution >= 0.6 is 0 Å². The summed E-state index contributed by atoms with van der Waals surface area (Å²) in [6.45, 7) is 5.36. The number of hydrogen-bond acceptors (Lipinski definition) is 8. The maximum absolute atomic E-state index is 13.3. The lowest BCUT2D eigenvalue weighted by Crippen LogP contribution is -2.33. The van der Waals surface area contributed by atoms with E-state index in [-0.39, 0.29) is 30.1 Å². The Bertz CT molecular complexity index is 1130. The largest absolute Gasteiger partial charge is 0.462 e. The minimum Gasteiger partial charge on any atom is -0.462 e. The van der Waals surface area contributed by atoms with E-state index in [1.54, 1.807) is 20.9 Å². The number of aryl methyl sites for hydroxylation is 1. The SMILES string of the molecule is CCCOC(=O)C1=C(C)NC(C)=C(C(=O)OCc2ccccc2)C1c1c([N+](=O)[O-])ncn1C. The zero-order valence-corrected chi connectivity index (χ0v) is 19.0. The van der Waals surface area contributed by atoms with Gasteiger partial charge in [0.05, 0.1) is 23.7 Å². The Morgan fingerprint density at radius 3 is 2.30 bits per heavy atom. The molecule has 1 aromatic heterocycles. The lowest BCUT2D eigenvalue weighted by molar-refractivity contribution is -0.390. The molecule has 0 spiro atoms. The van der Waals surface area contributed by atoms with Crippen molar-refractivity contribution in [2.45, 2.75) is 39.7 Å². The van der Waals surface area contributed by atoms with E-state index in [1.165, 1.54) is 10.9 Å². The molecule has 1 atom stereocenters. The van der Waals surface area contributed by atoms with E-state index < -0.39 is 28.6 Å². The van der Waals surface area contributed by atoms with Crippen molar-refractivity contribution in [3.8, 4) is 0 Å². The first-order chi connectivity index (χ1) is 15.8. The molecule has 10 heteroatoms. The molecule has 1 aliphatic heterocycles. The van der Waals surface area contributed by atoms with Crippen molar-refractivity contribution in [3.05, 3.63) is 80.6 Å². The maximum atomic E-state index is 13.3. The van der Waals surface area contributed by atoms with Crippen molar-refractivity contribution in [1.82, 2.24) is 14.9 Å². The second-order valence-electron chi connectivity index (χ2n) is 7.65. The fourth-order valence-electron chi connectivity index (χ4n) is 3.78. The number of carbonyl (C=O) groups excluding carboxylic acids is 2. The first kappa shape index (κ1) is 23.7. The predicted molar refractivity (Wildman–Crippen MR) is 119 cm³/mol. The van der Waals surface area contributed by atoms with E-state index in [0.717, 1.165) is 5.56 Å². The Labute approximate surface area is 191 Å². The lowest BCUT2D eigenvalue weighted by Gasteiger charge is -2.29. The first-order valence-corrected chi connectivity index (χ1v) is 10.5. The van der Waals surface area contributed by atoms with Gasteiger partial charge in [-0.25, -0.2) is 9.59 Å². The van der Waals surface area contributed by atoms with Crippen LogP contribution in [0.2, 0.25) is 0 Å². The fraction of sp³-hybridized carbons (Fsp3) is 0.348. The predicted octanol–water partition coefficient (Wildman–Crippen LogP) is 3.26. The van der Waals surface area contributed by atoms with E-state index in [1.807, 2.05) is 37.3 Å². The van der Waals surface area contributed by atoms with Crippen molar-refractivity contribution in [1.29, 1.82) is 0 Å². The number of aromatic nitrogens is 2. The summed E-state index contributed by atoms with van der Waals surface area (Å²) in [5.41, 5.74) is 1.94. The van der Waals surface area contributed by atoms with Crippen molar-refractivity contribution in [3.63, 3.8) is 0 Å². The standard InChI is InChI=1S/C23H26N4O6/c1-5-11-32-22(28)17-14(2)25-15(3)18(23(29)33-12-16-9-7-6-8-10-16)19(17)20-21(27(30)31)24-13-26(20)4/h6-10,13,19,25H,5,11-12H2,1-4H3. The zero-order chi connectivity index (χ0) is 24.1. The van der Waals surface area contributed by atoms with Crippen LogP contribution in [0, 0.1) is 10.1 Å². The molecule has 2 aromatic rings. The second kappa shape index (κ2) is 10.1. The van der Waals surface area contributed by atoms with E-state index in [4.69, 9.17) is 9.47 Å². The van der Waals surface area contributed by atoms with Crippen molar-refractivity contribution < 1.29 is 24.0 Å². The van der Waals surface area contributed by atoms with Gasteiger partial charge in [0.2, 0.25) is 6.33 Å². The fourth-order valence-corrected chi connectivity index (χ4v) is 3.78. The summed E-state index contributed by atoms with van der Waals surface area (Å²) in [5.74, 6) is -2.90. The van der Waals surface area contributed by atoms with Gasteiger partial charge in [0.15, 0.2) is 0 Å². The second-order valence-corrected chi connectivity index (χ2v) is 7.65. The smallest absolute Gasteiger partial charge is 0.385 e. The summed E-state index contributed by atoms with van der Waals surface area (Å²) in [6, 6.07) is 9.13. The molecule has 0 amide bonds. The van der Waals surface area contributed by atoms with Crippen molar-refractivity contribution >= 4 is 17.8 Å². The number of rotatable bonds is 8. The van der Waals surface area contributed by atoms with E-state index in [2.05, 4.69) is 10.3 Å². The summed E-state index contributed by atoms with van der Waals surface area (Å²) in [4.78, 5) is 41.3. The number of nitrogens with zero attached hydrogens (tertiary/aromatic N) is 3. The van der Waals surface area contributed by atoms with Crippen LogP contribution in [-0.4, -0.2) is 33.0 Å². The Balaban J connectivity index is 2.09. The van der Waals surface area contributed by atoms with E-state index in [9.17, 15) is 19.7 Å². The topological polar surface area (TPSA) is 126 Å². The summed E-state index contributed by atoms with van der Waals surface area (Å²) in [6.07, 6.45) is 1.88. The van der Waals surface area contributed by atoms with Crippen LogP contribution in [-0.2, 0) is 32.7 Å². The number of dihydropyridines is 1. The zero-order valence-electron chi connectivity index (χ0n) is 19.0. The van der Waals surface area contributed by atoms with Gasteiger partial charge in [-0.15, -0.1) is 0 Å². The quantitative estimate of drug-likeness (QED) is 0.366. The first-order valence-electron chi connectivity index (χ1n) is 10.5. The Morgan fingerprint density at radius 2 is 1.73 bits per heavy atom. The van der Waals surface area contributed by atoms with Crippen LogP contribution in [0.25, 0.3) is 0 Å². The molecule has 2 heterocycles. The Morgan fingerprint density at radius 1 is 1.12 bits per heavy atom. The van der Waals surface area contributed by atoms with Gasteiger partial charge in [0.1, 0.15) is 12.3 Å². The van der Waals surface area contributed by atoms with E-state index >= 15 is 0 Å². The molecule has 1 aliphatic rings. The van der Waals surface area contributed by atoms with Crippen LogP contribution in [0.4, 0.5) is 5.82 Å². The Hall–Kier alpha value is -3.95. The number of imidazole rings is 1. The molecular weight excluding hydrogens is 428 g/mol. The third-order valence-electron chi connectivity index (χ3n) is 5.26. The number of carbonyl (C=O) groups is 2. The number of benzene rings is 1. The van der Waals surface area contributed by atoms with Crippen molar-refractivity contribution in [2.24, 2.45) is 7.05 Å². The average Bonchev–Trinajstić information content (AvgIpc) is 3.17. The van der Waals surface area contributed by atoms with Crippen molar-refractivity contribution in [2.75, 3.05) is 6.61 Å².